The zero-order valence-electron chi connectivity index (χ0n) is 16.9. The van der Waals surface area contributed by atoms with Crippen LogP contribution in [0.2, 0.25) is 0 Å². The molecule has 0 radical (unpaired) electrons. The fourth-order valence-electron chi connectivity index (χ4n) is 3.63. The van der Waals surface area contributed by atoms with Gasteiger partial charge in [-0.1, -0.05) is 42.1 Å². The van der Waals surface area contributed by atoms with Crippen molar-refractivity contribution in [3.63, 3.8) is 0 Å². The summed E-state index contributed by atoms with van der Waals surface area (Å²) in [6, 6.07) is 24.4. The molecule has 3 aromatic rings. The zero-order valence-corrected chi connectivity index (χ0v) is 17.7. The van der Waals surface area contributed by atoms with Gasteiger partial charge >= 0.3 is 0 Å². The van der Waals surface area contributed by atoms with Crippen LogP contribution in [-0.2, 0) is 0 Å². The normalized spacial score (nSPS) is 14.0. The first-order valence-corrected chi connectivity index (χ1v) is 11.0. The minimum atomic E-state index is -2.44. The van der Waals surface area contributed by atoms with Gasteiger partial charge in [0, 0.05) is 42.4 Å². The van der Waals surface area contributed by atoms with Crippen molar-refractivity contribution in [2.75, 3.05) is 36.4 Å². The van der Waals surface area contributed by atoms with E-state index in [1.807, 2.05) is 47.4 Å². The highest BCUT2D eigenvalue weighted by atomic mass is 32.2. The molecule has 4 nitrogen and oxygen atoms in total. The van der Waals surface area contributed by atoms with Crippen LogP contribution in [0.15, 0.2) is 83.8 Å². The minimum Gasteiger partial charge on any atom is -0.368 e. The average Bonchev–Trinajstić information content (AvgIpc) is 2.81. The Morgan fingerprint density at radius 3 is 2.16 bits per heavy atom. The Labute approximate surface area is 184 Å². The summed E-state index contributed by atoms with van der Waals surface area (Å²) in [5.41, 5.74) is 3.21. The quantitative estimate of drug-likeness (QED) is 0.499. The van der Waals surface area contributed by atoms with Crippen molar-refractivity contribution in [1.29, 1.82) is 0 Å². The standard InChI is InChI=1S/C24H23F2N3OS/c25-24(26)31-20-12-10-18(11-13-20)27-22-9-5-4-8-21(22)23(30)29-16-14-28(15-17-29)19-6-2-1-3-7-19/h1-13,24,27H,14-17H2. The molecular weight excluding hydrogens is 416 g/mol. The highest BCUT2D eigenvalue weighted by Crippen LogP contribution is 2.28. The lowest BCUT2D eigenvalue weighted by Crippen LogP contribution is -2.48. The van der Waals surface area contributed by atoms with Crippen molar-refractivity contribution in [2.45, 2.75) is 10.7 Å². The van der Waals surface area contributed by atoms with E-state index in [0.717, 1.165) is 18.8 Å². The van der Waals surface area contributed by atoms with Gasteiger partial charge in [-0.3, -0.25) is 4.79 Å². The number of amides is 1. The first kappa shape index (κ1) is 21.2. The number of hydrogen-bond acceptors (Lipinski definition) is 4. The minimum absolute atomic E-state index is 0.0133. The number of thioether (sulfide) groups is 1. The highest BCUT2D eigenvalue weighted by Gasteiger charge is 2.24. The Morgan fingerprint density at radius 2 is 1.48 bits per heavy atom. The molecule has 0 spiro atoms. The molecule has 0 unspecified atom stereocenters. The van der Waals surface area contributed by atoms with Gasteiger partial charge in [-0.2, -0.15) is 8.78 Å². The van der Waals surface area contributed by atoms with Crippen molar-refractivity contribution in [2.24, 2.45) is 0 Å². The maximum atomic E-state index is 13.2. The Hall–Kier alpha value is -3.06. The number of benzene rings is 3. The Balaban J connectivity index is 1.43. The fourth-order valence-corrected chi connectivity index (χ4v) is 4.13. The summed E-state index contributed by atoms with van der Waals surface area (Å²) in [7, 11) is 0. The van der Waals surface area contributed by atoms with E-state index in [0.29, 0.717) is 41.0 Å². The predicted octanol–water partition coefficient (Wildman–Crippen LogP) is 5.71. The van der Waals surface area contributed by atoms with E-state index < -0.39 is 5.76 Å². The van der Waals surface area contributed by atoms with Crippen LogP contribution in [0, 0.1) is 0 Å². The molecule has 0 aromatic heterocycles. The van der Waals surface area contributed by atoms with Crippen LogP contribution in [-0.4, -0.2) is 42.7 Å². The third-order valence-electron chi connectivity index (χ3n) is 5.20. The number of rotatable bonds is 6. The van der Waals surface area contributed by atoms with Gasteiger partial charge in [0.15, 0.2) is 0 Å². The van der Waals surface area contributed by atoms with E-state index in [4.69, 9.17) is 0 Å². The van der Waals surface area contributed by atoms with Gasteiger partial charge in [-0.05, 0) is 48.5 Å². The number of alkyl halides is 2. The van der Waals surface area contributed by atoms with E-state index in [1.165, 1.54) is 5.69 Å². The molecule has 1 N–H and O–H groups in total. The summed E-state index contributed by atoms with van der Waals surface area (Å²) in [5.74, 6) is -2.46. The van der Waals surface area contributed by atoms with E-state index in [9.17, 15) is 13.6 Å². The van der Waals surface area contributed by atoms with Crippen molar-refractivity contribution in [3.05, 3.63) is 84.4 Å². The smallest absolute Gasteiger partial charge is 0.288 e. The zero-order chi connectivity index (χ0) is 21.6. The van der Waals surface area contributed by atoms with Crippen LogP contribution < -0.4 is 10.2 Å². The number of hydrogen-bond donors (Lipinski definition) is 1. The van der Waals surface area contributed by atoms with E-state index in [-0.39, 0.29) is 5.91 Å². The van der Waals surface area contributed by atoms with Crippen LogP contribution in [0.1, 0.15) is 10.4 Å². The van der Waals surface area contributed by atoms with Gasteiger partial charge in [0.2, 0.25) is 0 Å². The van der Waals surface area contributed by atoms with Crippen LogP contribution in [0.3, 0.4) is 0 Å². The predicted molar refractivity (Wildman–Crippen MR) is 123 cm³/mol. The summed E-state index contributed by atoms with van der Waals surface area (Å²) >= 11 is 0.513. The van der Waals surface area contributed by atoms with Gasteiger partial charge in [-0.15, -0.1) is 0 Å². The molecule has 1 saturated heterocycles. The number of carbonyl (C=O) groups excluding carboxylic acids is 1. The lowest BCUT2D eigenvalue weighted by molar-refractivity contribution is 0.0748. The lowest BCUT2D eigenvalue weighted by atomic mass is 10.1. The SMILES string of the molecule is O=C(c1ccccc1Nc1ccc(SC(F)F)cc1)N1CCN(c2ccccc2)CC1. The molecule has 3 aromatic carbocycles. The van der Waals surface area contributed by atoms with Gasteiger partial charge in [0.25, 0.3) is 11.7 Å². The number of anilines is 3. The first-order chi connectivity index (χ1) is 15.1. The molecule has 1 aliphatic rings. The molecule has 0 bridgehead atoms. The molecule has 0 saturated carbocycles. The fraction of sp³-hybridized carbons (Fsp3) is 0.208. The second kappa shape index (κ2) is 9.83. The van der Waals surface area contributed by atoms with E-state index in [1.54, 1.807) is 24.3 Å². The Bertz CT molecular complexity index is 1010. The number of halogens is 2. The van der Waals surface area contributed by atoms with Crippen LogP contribution in [0.5, 0.6) is 0 Å². The lowest BCUT2D eigenvalue weighted by Gasteiger charge is -2.36. The Morgan fingerprint density at radius 1 is 0.839 bits per heavy atom. The van der Waals surface area contributed by atoms with Gasteiger partial charge in [0.05, 0.1) is 11.3 Å². The number of piperazine rings is 1. The largest absolute Gasteiger partial charge is 0.368 e. The van der Waals surface area contributed by atoms with Crippen LogP contribution >= 0.6 is 11.8 Å². The average molecular weight is 440 g/mol. The van der Waals surface area contributed by atoms with Gasteiger partial charge in [0.1, 0.15) is 0 Å². The number of carbonyl (C=O) groups is 1. The molecule has 0 aliphatic carbocycles. The van der Waals surface area contributed by atoms with Crippen molar-refractivity contribution < 1.29 is 13.6 Å². The van der Waals surface area contributed by atoms with E-state index >= 15 is 0 Å². The number of para-hydroxylation sites is 2. The summed E-state index contributed by atoms with van der Waals surface area (Å²) in [4.78, 5) is 17.9. The third-order valence-corrected chi connectivity index (χ3v) is 5.93. The van der Waals surface area contributed by atoms with Crippen LogP contribution in [0.4, 0.5) is 25.8 Å². The molecular formula is C24H23F2N3OS. The molecule has 4 rings (SSSR count). The third kappa shape index (κ3) is 5.35. The maximum Gasteiger partial charge on any atom is 0.288 e. The summed E-state index contributed by atoms with van der Waals surface area (Å²) in [6.07, 6.45) is 0. The molecule has 1 amide bonds. The van der Waals surface area contributed by atoms with Gasteiger partial charge in [-0.25, -0.2) is 0 Å². The van der Waals surface area contributed by atoms with Crippen LogP contribution in [0.25, 0.3) is 0 Å². The molecule has 0 atom stereocenters. The summed E-state index contributed by atoms with van der Waals surface area (Å²) in [6.45, 7) is 2.88. The molecule has 1 heterocycles. The maximum absolute atomic E-state index is 13.2. The molecule has 31 heavy (non-hydrogen) atoms. The highest BCUT2D eigenvalue weighted by molar-refractivity contribution is 7.99. The Kier molecular flexibility index (Phi) is 6.72. The summed E-state index contributed by atoms with van der Waals surface area (Å²) < 4.78 is 25.0. The monoisotopic (exact) mass is 439 g/mol. The van der Waals surface area contributed by atoms with E-state index in [2.05, 4.69) is 22.3 Å². The van der Waals surface area contributed by atoms with Crippen molar-refractivity contribution in [1.82, 2.24) is 4.90 Å². The molecule has 1 aliphatic heterocycles. The van der Waals surface area contributed by atoms with Crippen molar-refractivity contribution in [3.8, 4) is 0 Å². The molecule has 160 valence electrons. The number of nitrogens with zero attached hydrogens (tertiary/aromatic N) is 2. The van der Waals surface area contributed by atoms with Crippen molar-refractivity contribution >= 4 is 34.7 Å². The van der Waals surface area contributed by atoms with Gasteiger partial charge < -0.3 is 15.1 Å². The first-order valence-electron chi connectivity index (χ1n) is 10.1. The molecule has 1 fully saturated rings. The summed E-state index contributed by atoms with van der Waals surface area (Å²) in [5, 5.41) is 3.25. The second-order valence-electron chi connectivity index (χ2n) is 7.19. The topological polar surface area (TPSA) is 35.6 Å². The number of nitrogens with one attached hydrogen (secondary N) is 1. The second-order valence-corrected chi connectivity index (χ2v) is 8.25. The molecule has 7 heteroatoms.